The largest absolute Gasteiger partial charge is 0.206 e. The van der Waals surface area contributed by atoms with Gasteiger partial charge in [0.25, 0.3) is 0 Å². The number of hydrogen-bond donors (Lipinski definition) is 0. The molecule has 4 nitrogen and oxygen atoms in total. The molecule has 0 amide bonds. The molecule has 5 heteroatoms. The van der Waals surface area contributed by atoms with E-state index in [0.29, 0.717) is 11.4 Å². The van der Waals surface area contributed by atoms with Gasteiger partial charge in [0.2, 0.25) is 0 Å². The van der Waals surface area contributed by atoms with E-state index < -0.39 is 0 Å². The molecule has 0 radical (unpaired) electrons. The highest BCUT2D eigenvalue weighted by molar-refractivity contribution is 5.66. The van der Waals surface area contributed by atoms with Crippen LogP contribution in [0.3, 0.4) is 0 Å². The summed E-state index contributed by atoms with van der Waals surface area (Å²) in [6.07, 6.45) is 3.23. The normalized spacial score (nSPS) is 11.1. The van der Waals surface area contributed by atoms with E-state index in [2.05, 4.69) is 15.4 Å². The fourth-order valence-electron chi connectivity index (χ4n) is 1.14. The lowest BCUT2D eigenvalue weighted by Crippen LogP contribution is -1.91. The number of nitrogens with zero attached hydrogens (tertiary/aromatic N) is 4. The highest BCUT2D eigenvalue weighted by atomic mass is 19.1. The average Bonchev–Trinajstić information content (AvgIpc) is 2.63. The molecule has 2 rings (SSSR count). The minimum atomic E-state index is -0.266. The molecule has 0 aliphatic rings. The molecular weight excluding hydrogens is 195 g/mol. The highest BCUT2D eigenvalue weighted by Crippen LogP contribution is 2.09. The number of aromatic nitrogens is 4. The van der Waals surface area contributed by atoms with Crippen LogP contribution in [0.2, 0.25) is 0 Å². The number of aryl methyl sites for hydroxylation is 1. The first-order chi connectivity index (χ1) is 7.25. The molecule has 0 unspecified atom stereocenters. The summed E-state index contributed by atoms with van der Waals surface area (Å²) in [7, 11) is 1.67. The molecular formula is C10H9FN4. The van der Waals surface area contributed by atoms with Gasteiger partial charge in [-0.2, -0.15) is 4.80 Å². The van der Waals surface area contributed by atoms with Gasteiger partial charge in [0.05, 0.1) is 7.05 Å². The molecule has 0 spiro atoms. The zero-order valence-electron chi connectivity index (χ0n) is 8.13. The van der Waals surface area contributed by atoms with Crippen LogP contribution in [0.4, 0.5) is 4.39 Å². The molecule has 0 atom stereocenters. The van der Waals surface area contributed by atoms with Gasteiger partial charge in [0, 0.05) is 5.56 Å². The lowest BCUT2D eigenvalue weighted by molar-refractivity contribution is 0.625. The van der Waals surface area contributed by atoms with E-state index >= 15 is 0 Å². The summed E-state index contributed by atoms with van der Waals surface area (Å²) in [5.41, 5.74) is 0.505. The molecule has 0 aliphatic carbocycles. The van der Waals surface area contributed by atoms with Crippen molar-refractivity contribution in [2.45, 2.75) is 0 Å². The molecule has 1 heterocycles. The molecule has 0 N–H and O–H groups in total. The fraction of sp³-hybridized carbons (Fsp3) is 0.100. The Balaban J connectivity index is 2.22. The Bertz CT molecular complexity index is 490. The van der Waals surface area contributed by atoms with Crippen molar-refractivity contribution in [3.63, 3.8) is 0 Å². The molecule has 0 aliphatic heterocycles. The predicted octanol–water partition coefficient (Wildman–Crippen LogP) is 1.52. The van der Waals surface area contributed by atoms with Gasteiger partial charge >= 0.3 is 0 Å². The molecule has 15 heavy (non-hydrogen) atoms. The summed E-state index contributed by atoms with van der Waals surface area (Å²) in [6.45, 7) is 0. The second kappa shape index (κ2) is 4.00. The van der Waals surface area contributed by atoms with E-state index in [0.717, 1.165) is 0 Å². The van der Waals surface area contributed by atoms with Crippen molar-refractivity contribution in [1.29, 1.82) is 0 Å². The van der Waals surface area contributed by atoms with Crippen LogP contribution in [-0.2, 0) is 7.05 Å². The van der Waals surface area contributed by atoms with Crippen molar-refractivity contribution < 1.29 is 4.39 Å². The maximum absolute atomic E-state index is 13.2. The third kappa shape index (κ3) is 2.25. The highest BCUT2D eigenvalue weighted by Gasteiger charge is 1.97. The van der Waals surface area contributed by atoms with E-state index in [1.165, 1.54) is 10.9 Å². The zero-order valence-corrected chi connectivity index (χ0v) is 8.13. The molecule has 1 aromatic carbocycles. The third-order valence-electron chi connectivity index (χ3n) is 1.84. The summed E-state index contributed by atoms with van der Waals surface area (Å²) in [4.78, 5) is 1.35. The average molecular weight is 204 g/mol. The molecule has 1 aromatic heterocycles. The first-order valence-corrected chi connectivity index (χ1v) is 4.42. The lowest BCUT2D eigenvalue weighted by atomic mass is 10.2. The SMILES string of the molecule is Cn1nnc(/C=C/c2ccccc2F)n1. The number of rotatable bonds is 2. The molecule has 76 valence electrons. The Morgan fingerprint density at radius 3 is 2.73 bits per heavy atom. The van der Waals surface area contributed by atoms with Crippen LogP contribution >= 0.6 is 0 Å². The molecule has 0 saturated carbocycles. The van der Waals surface area contributed by atoms with Gasteiger partial charge in [-0.1, -0.05) is 18.2 Å². The molecule has 2 aromatic rings. The molecule has 0 fully saturated rings. The van der Waals surface area contributed by atoms with E-state index in [4.69, 9.17) is 0 Å². The molecule has 0 saturated heterocycles. The summed E-state index contributed by atoms with van der Waals surface area (Å²) < 4.78 is 13.2. The first-order valence-electron chi connectivity index (χ1n) is 4.42. The Labute approximate surface area is 86.0 Å². The van der Waals surface area contributed by atoms with Crippen molar-refractivity contribution in [3.05, 3.63) is 41.5 Å². The predicted molar refractivity (Wildman–Crippen MR) is 54.1 cm³/mol. The molecule has 0 bridgehead atoms. The number of halogens is 1. The minimum absolute atomic E-state index is 0.266. The van der Waals surface area contributed by atoms with Gasteiger partial charge in [0.15, 0.2) is 5.82 Å². The fourth-order valence-corrected chi connectivity index (χ4v) is 1.14. The van der Waals surface area contributed by atoms with Gasteiger partial charge in [-0.15, -0.1) is 10.2 Å². The second-order valence-corrected chi connectivity index (χ2v) is 2.99. The van der Waals surface area contributed by atoms with E-state index in [-0.39, 0.29) is 5.82 Å². The smallest absolute Gasteiger partial charge is 0.197 e. The van der Waals surface area contributed by atoms with Crippen LogP contribution in [0, 0.1) is 5.82 Å². The maximum atomic E-state index is 13.2. The van der Waals surface area contributed by atoms with E-state index in [1.54, 1.807) is 37.4 Å². The van der Waals surface area contributed by atoms with Crippen LogP contribution in [0.25, 0.3) is 12.2 Å². The second-order valence-electron chi connectivity index (χ2n) is 2.99. The summed E-state index contributed by atoms with van der Waals surface area (Å²) in [5.74, 6) is 0.193. The van der Waals surface area contributed by atoms with Crippen LogP contribution in [0.15, 0.2) is 24.3 Å². The van der Waals surface area contributed by atoms with Crippen LogP contribution in [0.5, 0.6) is 0 Å². The lowest BCUT2D eigenvalue weighted by Gasteiger charge is -1.93. The van der Waals surface area contributed by atoms with Gasteiger partial charge in [-0.05, 0) is 23.4 Å². The Kier molecular flexibility index (Phi) is 2.53. The quantitative estimate of drug-likeness (QED) is 0.744. The van der Waals surface area contributed by atoms with Crippen LogP contribution in [0.1, 0.15) is 11.4 Å². The standard InChI is InChI=1S/C10H9FN4/c1-15-13-10(12-14-15)7-6-8-4-2-3-5-9(8)11/h2-7H,1H3/b7-6+. The zero-order chi connectivity index (χ0) is 10.7. The van der Waals surface area contributed by atoms with Gasteiger partial charge in [0.1, 0.15) is 5.82 Å². The van der Waals surface area contributed by atoms with Crippen LogP contribution < -0.4 is 0 Å². The number of benzene rings is 1. The van der Waals surface area contributed by atoms with Crippen molar-refractivity contribution >= 4 is 12.2 Å². The van der Waals surface area contributed by atoms with Crippen molar-refractivity contribution in [1.82, 2.24) is 20.2 Å². The number of tetrazole rings is 1. The summed E-state index contributed by atoms with van der Waals surface area (Å²) in [6, 6.07) is 6.51. The first kappa shape index (κ1) is 9.51. The van der Waals surface area contributed by atoms with E-state index in [1.807, 2.05) is 0 Å². The van der Waals surface area contributed by atoms with E-state index in [9.17, 15) is 4.39 Å². The minimum Gasteiger partial charge on any atom is -0.206 e. The Hall–Kier alpha value is -2.04. The topological polar surface area (TPSA) is 43.6 Å². The van der Waals surface area contributed by atoms with Gasteiger partial charge < -0.3 is 0 Å². The van der Waals surface area contributed by atoms with Gasteiger partial charge in [-0.25, -0.2) is 4.39 Å². The maximum Gasteiger partial charge on any atom is 0.197 e. The van der Waals surface area contributed by atoms with Crippen molar-refractivity contribution in [3.8, 4) is 0 Å². The third-order valence-corrected chi connectivity index (χ3v) is 1.84. The van der Waals surface area contributed by atoms with Crippen LogP contribution in [-0.4, -0.2) is 20.2 Å². The van der Waals surface area contributed by atoms with Crippen molar-refractivity contribution in [2.75, 3.05) is 0 Å². The number of hydrogen-bond acceptors (Lipinski definition) is 3. The van der Waals surface area contributed by atoms with Gasteiger partial charge in [-0.3, -0.25) is 0 Å². The Morgan fingerprint density at radius 1 is 1.27 bits per heavy atom. The summed E-state index contributed by atoms with van der Waals surface area (Å²) in [5, 5.41) is 11.4. The summed E-state index contributed by atoms with van der Waals surface area (Å²) >= 11 is 0. The van der Waals surface area contributed by atoms with Crippen molar-refractivity contribution in [2.24, 2.45) is 7.05 Å². The Morgan fingerprint density at radius 2 is 2.07 bits per heavy atom. The monoisotopic (exact) mass is 204 g/mol.